The van der Waals surface area contributed by atoms with Gasteiger partial charge in [-0.1, -0.05) is 48.5 Å². The summed E-state index contributed by atoms with van der Waals surface area (Å²) in [5.41, 5.74) is 2.62. The number of aryl methyl sites for hydroxylation is 2. The SMILES string of the molecule is Cc1nc(-c2cccc(F)c2O)n(CCc2ccccc2)c(=O)c1-c1cccc(C(=O)N(C)C)c1. The van der Waals surface area contributed by atoms with Gasteiger partial charge in [0.05, 0.1) is 16.8 Å². The van der Waals surface area contributed by atoms with E-state index in [1.807, 2.05) is 30.3 Å². The highest BCUT2D eigenvalue weighted by atomic mass is 19.1. The second-order valence-corrected chi connectivity index (χ2v) is 8.50. The first-order valence-corrected chi connectivity index (χ1v) is 11.2. The van der Waals surface area contributed by atoms with Crippen molar-refractivity contribution in [1.29, 1.82) is 0 Å². The third-order valence-electron chi connectivity index (χ3n) is 5.85. The van der Waals surface area contributed by atoms with Crippen LogP contribution in [0.15, 0.2) is 77.6 Å². The molecule has 1 heterocycles. The van der Waals surface area contributed by atoms with Crippen molar-refractivity contribution >= 4 is 5.91 Å². The standard InChI is InChI=1S/C28H26FN3O3/c1-18-24(20-11-7-12-21(17-20)27(34)31(2)3)28(35)32(16-15-19-9-5-4-6-10-19)26(30-18)22-13-8-14-23(29)25(22)33/h4-14,17,33H,15-16H2,1-3H3. The summed E-state index contributed by atoms with van der Waals surface area (Å²) >= 11 is 0. The Kier molecular flexibility index (Phi) is 6.78. The summed E-state index contributed by atoms with van der Waals surface area (Å²) in [7, 11) is 3.33. The summed E-state index contributed by atoms with van der Waals surface area (Å²) in [5, 5.41) is 10.4. The molecule has 0 unspecified atom stereocenters. The van der Waals surface area contributed by atoms with Crippen LogP contribution in [0.4, 0.5) is 4.39 Å². The molecule has 0 saturated heterocycles. The molecule has 4 rings (SSSR count). The number of carbonyl (C=O) groups excluding carboxylic acids is 1. The van der Waals surface area contributed by atoms with Crippen molar-refractivity contribution in [2.75, 3.05) is 14.1 Å². The molecule has 1 N–H and O–H groups in total. The Labute approximate surface area is 202 Å². The van der Waals surface area contributed by atoms with E-state index in [0.717, 1.165) is 11.6 Å². The van der Waals surface area contributed by atoms with Gasteiger partial charge in [-0.2, -0.15) is 0 Å². The highest BCUT2D eigenvalue weighted by molar-refractivity contribution is 5.95. The monoisotopic (exact) mass is 471 g/mol. The lowest BCUT2D eigenvalue weighted by atomic mass is 10.0. The van der Waals surface area contributed by atoms with Crippen molar-refractivity contribution in [3.8, 4) is 28.3 Å². The maximum absolute atomic E-state index is 14.2. The number of hydrogen-bond donors (Lipinski definition) is 1. The number of aromatic hydroxyl groups is 1. The van der Waals surface area contributed by atoms with E-state index in [1.165, 1.54) is 21.6 Å². The van der Waals surface area contributed by atoms with Gasteiger partial charge < -0.3 is 10.0 Å². The number of phenolic OH excluding ortho intramolecular Hbond substituents is 1. The molecule has 0 aliphatic carbocycles. The number of hydrogen-bond acceptors (Lipinski definition) is 4. The predicted molar refractivity (Wildman–Crippen MR) is 134 cm³/mol. The number of nitrogens with zero attached hydrogens (tertiary/aromatic N) is 3. The summed E-state index contributed by atoms with van der Waals surface area (Å²) in [6, 6.07) is 20.7. The minimum Gasteiger partial charge on any atom is -0.504 e. The van der Waals surface area contributed by atoms with Crippen LogP contribution in [-0.2, 0) is 13.0 Å². The number of aromatic nitrogens is 2. The van der Waals surface area contributed by atoms with Crippen molar-refractivity contribution in [3.05, 3.63) is 106 Å². The second-order valence-electron chi connectivity index (χ2n) is 8.50. The number of benzene rings is 3. The van der Waals surface area contributed by atoms with Crippen LogP contribution in [0.3, 0.4) is 0 Å². The van der Waals surface area contributed by atoms with Gasteiger partial charge >= 0.3 is 0 Å². The first-order valence-electron chi connectivity index (χ1n) is 11.2. The van der Waals surface area contributed by atoms with Gasteiger partial charge in [-0.05, 0) is 48.7 Å². The van der Waals surface area contributed by atoms with Gasteiger partial charge in [0.25, 0.3) is 11.5 Å². The first kappa shape index (κ1) is 23.9. The van der Waals surface area contributed by atoms with E-state index in [2.05, 4.69) is 4.98 Å². The molecule has 0 spiro atoms. The summed E-state index contributed by atoms with van der Waals surface area (Å²) in [5.74, 6) is -1.34. The Morgan fingerprint density at radius 3 is 2.46 bits per heavy atom. The molecule has 0 fully saturated rings. The Hall–Kier alpha value is -4.26. The van der Waals surface area contributed by atoms with Gasteiger partial charge in [-0.3, -0.25) is 14.2 Å². The van der Waals surface area contributed by atoms with Crippen LogP contribution >= 0.6 is 0 Å². The van der Waals surface area contributed by atoms with Crippen LogP contribution in [0.1, 0.15) is 21.6 Å². The average molecular weight is 472 g/mol. The van der Waals surface area contributed by atoms with Gasteiger partial charge in [-0.25, -0.2) is 9.37 Å². The number of para-hydroxylation sites is 1. The molecule has 1 amide bonds. The predicted octanol–water partition coefficient (Wildman–Crippen LogP) is 4.67. The lowest BCUT2D eigenvalue weighted by molar-refractivity contribution is 0.0827. The maximum Gasteiger partial charge on any atom is 0.261 e. The first-order chi connectivity index (χ1) is 16.8. The molecular weight excluding hydrogens is 445 g/mol. The molecule has 35 heavy (non-hydrogen) atoms. The topological polar surface area (TPSA) is 75.4 Å². The second kappa shape index (κ2) is 9.93. The minimum absolute atomic E-state index is 0.140. The molecule has 0 aliphatic rings. The van der Waals surface area contributed by atoms with E-state index < -0.39 is 11.6 Å². The van der Waals surface area contributed by atoms with Crippen LogP contribution in [0, 0.1) is 12.7 Å². The highest BCUT2D eigenvalue weighted by Crippen LogP contribution is 2.31. The Balaban J connectivity index is 1.90. The minimum atomic E-state index is -0.789. The summed E-state index contributed by atoms with van der Waals surface area (Å²) in [6.45, 7) is 1.96. The van der Waals surface area contributed by atoms with Crippen LogP contribution in [0.2, 0.25) is 0 Å². The molecule has 0 aliphatic heterocycles. The molecule has 7 heteroatoms. The van der Waals surface area contributed by atoms with Crippen molar-refractivity contribution in [2.45, 2.75) is 19.9 Å². The van der Waals surface area contributed by atoms with Gasteiger partial charge in [0.1, 0.15) is 5.82 Å². The number of phenols is 1. The van der Waals surface area contributed by atoms with Gasteiger partial charge in [0, 0.05) is 26.2 Å². The van der Waals surface area contributed by atoms with Crippen molar-refractivity contribution < 1.29 is 14.3 Å². The summed E-state index contributed by atoms with van der Waals surface area (Å²) in [4.78, 5) is 32.5. The molecule has 0 saturated carbocycles. The molecule has 3 aromatic carbocycles. The Bertz CT molecular complexity index is 1450. The molecule has 6 nitrogen and oxygen atoms in total. The molecule has 4 aromatic rings. The Morgan fingerprint density at radius 1 is 1.03 bits per heavy atom. The fraction of sp³-hybridized carbons (Fsp3) is 0.179. The zero-order chi connectivity index (χ0) is 25.1. The lowest BCUT2D eigenvalue weighted by Gasteiger charge is -2.18. The highest BCUT2D eigenvalue weighted by Gasteiger charge is 2.21. The van der Waals surface area contributed by atoms with Crippen molar-refractivity contribution in [2.24, 2.45) is 0 Å². The number of amides is 1. The van der Waals surface area contributed by atoms with E-state index in [-0.39, 0.29) is 29.4 Å². The van der Waals surface area contributed by atoms with Crippen LogP contribution in [0.25, 0.3) is 22.5 Å². The summed E-state index contributed by atoms with van der Waals surface area (Å²) in [6.07, 6.45) is 0.535. The molecule has 178 valence electrons. The smallest absolute Gasteiger partial charge is 0.261 e. The summed E-state index contributed by atoms with van der Waals surface area (Å²) < 4.78 is 15.6. The molecule has 1 aromatic heterocycles. The van der Waals surface area contributed by atoms with Crippen LogP contribution < -0.4 is 5.56 Å². The van der Waals surface area contributed by atoms with E-state index in [4.69, 9.17) is 0 Å². The average Bonchev–Trinajstić information content (AvgIpc) is 2.85. The van der Waals surface area contributed by atoms with E-state index in [1.54, 1.807) is 45.3 Å². The number of carbonyl (C=O) groups is 1. The van der Waals surface area contributed by atoms with E-state index >= 15 is 0 Å². The largest absolute Gasteiger partial charge is 0.504 e. The quantitative estimate of drug-likeness (QED) is 0.443. The number of halogens is 1. The zero-order valence-electron chi connectivity index (χ0n) is 19.8. The normalized spacial score (nSPS) is 10.9. The molecular formula is C28H26FN3O3. The maximum atomic E-state index is 14.2. The lowest BCUT2D eigenvalue weighted by Crippen LogP contribution is -2.27. The fourth-order valence-electron chi connectivity index (χ4n) is 4.05. The Morgan fingerprint density at radius 2 is 1.74 bits per heavy atom. The van der Waals surface area contributed by atoms with Gasteiger partial charge in [0.15, 0.2) is 11.6 Å². The molecule has 0 bridgehead atoms. The third-order valence-corrected chi connectivity index (χ3v) is 5.85. The van der Waals surface area contributed by atoms with Crippen molar-refractivity contribution in [3.63, 3.8) is 0 Å². The van der Waals surface area contributed by atoms with Gasteiger partial charge in [-0.15, -0.1) is 0 Å². The van der Waals surface area contributed by atoms with E-state index in [0.29, 0.717) is 28.8 Å². The fourth-order valence-corrected chi connectivity index (χ4v) is 4.05. The van der Waals surface area contributed by atoms with Gasteiger partial charge in [0.2, 0.25) is 0 Å². The zero-order valence-corrected chi connectivity index (χ0v) is 19.8. The van der Waals surface area contributed by atoms with Crippen LogP contribution in [-0.4, -0.2) is 39.6 Å². The molecule has 0 atom stereocenters. The molecule has 0 radical (unpaired) electrons. The number of rotatable bonds is 6. The van der Waals surface area contributed by atoms with Crippen molar-refractivity contribution in [1.82, 2.24) is 14.5 Å². The van der Waals surface area contributed by atoms with E-state index in [9.17, 15) is 19.1 Å². The van der Waals surface area contributed by atoms with Crippen LogP contribution in [0.5, 0.6) is 5.75 Å². The third kappa shape index (κ3) is 4.84.